The average Bonchev–Trinajstić information content (AvgIpc) is 2.74. The minimum absolute atomic E-state index is 0.0238. The van der Waals surface area contributed by atoms with Gasteiger partial charge in [0.25, 0.3) is 11.2 Å². The Morgan fingerprint density at radius 3 is 2.52 bits per heavy atom. The molecule has 0 aliphatic heterocycles. The molecule has 0 aliphatic rings. The van der Waals surface area contributed by atoms with E-state index in [4.69, 9.17) is 9.47 Å². The fourth-order valence-electron chi connectivity index (χ4n) is 3.20. The maximum absolute atomic E-state index is 12.6. The van der Waals surface area contributed by atoms with Gasteiger partial charge in [0.15, 0.2) is 0 Å². The number of hydrogen-bond acceptors (Lipinski definition) is 6. The van der Waals surface area contributed by atoms with E-state index in [0.717, 1.165) is 5.56 Å². The molecule has 2 aromatic carbocycles. The SMILES string of the molecule is COc1ccc(Cn2ccc(NC(=O)OC(C)(C)C)cc2=O)cc1-c1cccc([N+](=O)[O-])c1. The van der Waals surface area contributed by atoms with Crippen molar-refractivity contribution in [3.05, 3.63) is 86.8 Å². The van der Waals surface area contributed by atoms with Crippen LogP contribution in [0.1, 0.15) is 26.3 Å². The van der Waals surface area contributed by atoms with Gasteiger partial charge in [-0.15, -0.1) is 0 Å². The van der Waals surface area contributed by atoms with E-state index < -0.39 is 16.6 Å². The molecule has 172 valence electrons. The maximum atomic E-state index is 12.6. The average molecular weight is 451 g/mol. The van der Waals surface area contributed by atoms with Gasteiger partial charge in [0, 0.05) is 30.0 Å². The molecule has 1 amide bonds. The first kappa shape index (κ1) is 23.5. The van der Waals surface area contributed by atoms with Gasteiger partial charge in [0.2, 0.25) is 0 Å². The van der Waals surface area contributed by atoms with E-state index in [-0.39, 0.29) is 17.8 Å². The monoisotopic (exact) mass is 451 g/mol. The molecule has 0 atom stereocenters. The fourth-order valence-corrected chi connectivity index (χ4v) is 3.20. The normalized spacial score (nSPS) is 11.0. The van der Waals surface area contributed by atoms with Crippen molar-refractivity contribution in [1.29, 1.82) is 0 Å². The van der Waals surface area contributed by atoms with Gasteiger partial charge in [-0.05, 0) is 50.1 Å². The number of carbonyl (C=O) groups is 1. The number of hydrogen-bond donors (Lipinski definition) is 1. The molecule has 1 N–H and O–H groups in total. The van der Waals surface area contributed by atoms with Crippen molar-refractivity contribution in [3.8, 4) is 16.9 Å². The van der Waals surface area contributed by atoms with Gasteiger partial charge < -0.3 is 14.0 Å². The second-order valence-electron chi connectivity index (χ2n) is 8.35. The highest BCUT2D eigenvalue weighted by Crippen LogP contribution is 2.33. The lowest BCUT2D eigenvalue weighted by Crippen LogP contribution is -2.28. The summed E-state index contributed by atoms with van der Waals surface area (Å²) in [6.45, 7) is 5.52. The lowest BCUT2D eigenvalue weighted by atomic mass is 10.0. The van der Waals surface area contributed by atoms with Crippen LogP contribution in [0, 0.1) is 10.1 Å². The number of nitro benzene ring substituents is 1. The summed E-state index contributed by atoms with van der Waals surface area (Å²) in [4.78, 5) is 35.2. The largest absolute Gasteiger partial charge is 0.496 e. The third-order valence-electron chi connectivity index (χ3n) is 4.63. The zero-order valence-corrected chi connectivity index (χ0v) is 18.8. The minimum Gasteiger partial charge on any atom is -0.496 e. The molecule has 0 bridgehead atoms. The Hall–Kier alpha value is -4.14. The van der Waals surface area contributed by atoms with Gasteiger partial charge in [-0.1, -0.05) is 18.2 Å². The van der Waals surface area contributed by atoms with Crippen LogP contribution in [-0.2, 0) is 11.3 Å². The summed E-state index contributed by atoms with van der Waals surface area (Å²) in [6, 6.07) is 14.6. The van der Waals surface area contributed by atoms with E-state index in [2.05, 4.69) is 5.32 Å². The van der Waals surface area contributed by atoms with Crippen LogP contribution in [0.25, 0.3) is 11.1 Å². The van der Waals surface area contributed by atoms with E-state index >= 15 is 0 Å². The van der Waals surface area contributed by atoms with E-state index in [1.165, 1.54) is 29.9 Å². The Bertz CT molecular complexity index is 1240. The zero-order chi connectivity index (χ0) is 24.2. The molecule has 0 fully saturated rings. The summed E-state index contributed by atoms with van der Waals surface area (Å²) < 4.78 is 12.1. The molecule has 0 spiro atoms. The molecular formula is C24H25N3O6. The Morgan fingerprint density at radius 2 is 1.88 bits per heavy atom. The summed E-state index contributed by atoms with van der Waals surface area (Å²) in [6.07, 6.45) is 0.933. The zero-order valence-electron chi connectivity index (χ0n) is 18.8. The third-order valence-corrected chi connectivity index (χ3v) is 4.63. The van der Waals surface area contributed by atoms with Gasteiger partial charge in [0.05, 0.1) is 24.3 Å². The molecule has 0 unspecified atom stereocenters. The van der Waals surface area contributed by atoms with Crippen molar-refractivity contribution in [2.75, 3.05) is 12.4 Å². The van der Waals surface area contributed by atoms with E-state index in [9.17, 15) is 19.7 Å². The third kappa shape index (κ3) is 6.19. The molecule has 33 heavy (non-hydrogen) atoms. The summed E-state index contributed by atoms with van der Waals surface area (Å²) in [5.74, 6) is 0.559. The molecule has 9 nitrogen and oxygen atoms in total. The number of carbonyl (C=O) groups excluding carboxylic acids is 1. The first-order valence-electron chi connectivity index (χ1n) is 10.2. The van der Waals surface area contributed by atoms with Crippen LogP contribution in [0.5, 0.6) is 5.75 Å². The van der Waals surface area contributed by atoms with Crippen LogP contribution >= 0.6 is 0 Å². The second-order valence-corrected chi connectivity index (χ2v) is 8.35. The van der Waals surface area contributed by atoms with E-state index in [0.29, 0.717) is 22.6 Å². The number of rotatable bonds is 6. The predicted molar refractivity (Wildman–Crippen MR) is 125 cm³/mol. The van der Waals surface area contributed by atoms with Crippen LogP contribution in [0.2, 0.25) is 0 Å². The quantitative estimate of drug-likeness (QED) is 0.424. The number of nitro groups is 1. The number of pyridine rings is 1. The predicted octanol–water partition coefficient (Wildman–Crippen LogP) is 4.83. The molecule has 0 saturated carbocycles. The highest BCUT2D eigenvalue weighted by Gasteiger charge is 2.17. The van der Waals surface area contributed by atoms with Gasteiger partial charge >= 0.3 is 6.09 Å². The first-order chi connectivity index (χ1) is 15.6. The number of ether oxygens (including phenoxy) is 2. The molecule has 0 radical (unpaired) electrons. The molecule has 3 aromatic rings. The Morgan fingerprint density at radius 1 is 1.12 bits per heavy atom. The number of aromatic nitrogens is 1. The topological polar surface area (TPSA) is 113 Å². The van der Waals surface area contributed by atoms with Gasteiger partial charge in [-0.3, -0.25) is 20.2 Å². The van der Waals surface area contributed by atoms with Gasteiger partial charge in [-0.25, -0.2) is 4.79 Å². The summed E-state index contributed by atoms with van der Waals surface area (Å²) in [5.41, 5.74) is 1.46. The van der Waals surface area contributed by atoms with Crippen molar-refractivity contribution >= 4 is 17.5 Å². The fraction of sp³-hybridized carbons (Fsp3) is 0.250. The van der Waals surface area contributed by atoms with Gasteiger partial charge in [0.1, 0.15) is 11.4 Å². The maximum Gasteiger partial charge on any atom is 0.412 e. The van der Waals surface area contributed by atoms with E-state index in [1.54, 1.807) is 51.2 Å². The van der Waals surface area contributed by atoms with Crippen molar-refractivity contribution in [3.63, 3.8) is 0 Å². The molecule has 1 heterocycles. The smallest absolute Gasteiger partial charge is 0.412 e. The molecule has 9 heteroatoms. The molecule has 3 rings (SSSR count). The van der Waals surface area contributed by atoms with Crippen molar-refractivity contribution in [2.45, 2.75) is 32.9 Å². The number of nitrogens with one attached hydrogen (secondary N) is 1. The number of amides is 1. The number of benzene rings is 2. The van der Waals surface area contributed by atoms with Crippen LogP contribution in [0.3, 0.4) is 0 Å². The van der Waals surface area contributed by atoms with Crippen molar-refractivity contribution in [2.24, 2.45) is 0 Å². The van der Waals surface area contributed by atoms with Crippen LogP contribution in [0.15, 0.2) is 65.6 Å². The lowest BCUT2D eigenvalue weighted by Gasteiger charge is -2.19. The van der Waals surface area contributed by atoms with E-state index in [1.807, 2.05) is 12.1 Å². The van der Waals surface area contributed by atoms with Gasteiger partial charge in [-0.2, -0.15) is 0 Å². The van der Waals surface area contributed by atoms with Crippen LogP contribution in [0.4, 0.5) is 16.2 Å². The number of methoxy groups -OCH3 is 1. The van der Waals surface area contributed by atoms with Crippen molar-refractivity contribution < 1.29 is 19.2 Å². The first-order valence-corrected chi connectivity index (χ1v) is 10.2. The molecule has 0 aliphatic carbocycles. The number of non-ortho nitro benzene ring substituents is 1. The highest BCUT2D eigenvalue weighted by atomic mass is 16.6. The van der Waals surface area contributed by atoms with Crippen LogP contribution in [-0.4, -0.2) is 28.3 Å². The molecule has 0 saturated heterocycles. The Kier molecular flexibility index (Phi) is 6.81. The van der Waals surface area contributed by atoms with Crippen LogP contribution < -0.4 is 15.6 Å². The number of anilines is 1. The minimum atomic E-state index is -0.648. The standard InChI is InChI=1S/C24H25N3O6/c1-24(2,3)33-23(29)25-18-10-11-26(22(28)14-18)15-16-8-9-21(32-4)20(12-16)17-6-5-7-19(13-17)27(30)31/h5-14H,15H2,1-4H3,(H,25,29). The lowest BCUT2D eigenvalue weighted by molar-refractivity contribution is -0.384. The van der Waals surface area contributed by atoms with Crippen molar-refractivity contribution in [1.82, 2.24) is 4.57 Å². The second kappa shape index (κ2) is 9.56. The highest BCUT2D eigenvalue weighted by molar-refractivity contribution is 5.84. The summed E-state index contributed by atoms with van der Waals surface area (Å²) >= 11 is 0. The summed E-state index contributed by atoms with van der Waals surface area (Å²) in [7, 11) is 1.52. The number of nitrogens with zero attached hydrogens (tertiary/aromatic N) is 2. The summed E-state index contributed by atoms with van der Waals surface area (Å²) in [5, 5.41) is 13.7. The molecular weight excluding hydrogens is 426 g/mol. The molecule has 1 aromatic heterocycles. The Balaban J connectivity index is 1.85. The Labute approximate surface area is 190 Å².